The fraction of sp³-hybridized carbons (Fsp3) is 0.333. The predicted molar refractivity (Wildman–Crippen MR) is 116 cm³/mol. The van der Waals surface area contributed by atoms with E-state index in [2.05, 4.69) is 22.9 Å². The van der Waals surface area contributed by atoms with Gasteiger partial charge in [-0.2, -0.15) is 0 Å². The van der Waals surface area contributed by atoms with Crippen LogP contribution in [0.15, 0.2) is 84.5 Å². The van der Waals surface area contributed by atoms with E-state index in [0.717, 1.165) is 10.9 Å². The largest absolute Gasteiger partial charge is 0.388 e. The minimum Gasteiger partial charge on any atom is -0.388 e. The van der Waals surface area contributed by atoms with Crippen LogP contribution in [-0.4, -0.2) is 28.6 Å². The Bertz CT molecular complexity index is 936. The molecule has 5 atom stereocenters. The number of rotatable bonds is 4. The van der Waals surface area contributed by atoms with Crippen LogP contribution < -0.4 is 5.30 Å². The lowest BCUT2D eigenvalue weighted by Gasteiger charge is -2.33. The smallest absolute Gasteiger partial charge is 0.186 e. The molecule has 2 aromatic rings. The van der Waals surface area contributed by atoms with Crippen molar-refractivity contribution in [3.05, 3.63) is 90.0 Å². The summed E-state index contributed by atoms with van der Waals surface area (Å²) in [5.41, 5.74) is 1.85. The lowest BCUT2D eigenvalue weighted by molar-refractivity contribution is 0.154. The number of hydrogen-bond donors (Lipinski definition) is 1. The molecule has 1 aliphatic heterocycles. The maximum Gasteiger partial charge on any atom is 0.186 e. The van der Waals surface area contributed by atoms with Gasteiger partial charge in [-0.1, -0.05) is 92.7 Å². The van der Waals surface area contributed by atoms with E-state index < -0.39 is 13.4 Å². The fourth-order valence-electron chi connectivity index (χ4n) is 4.80. The lowest BCUT2D eigenvalue weighted by Crippen LogP contribution is -2.32. The summed E-state index contributed by atoms with van der Waals surface area (Å²) < 4.78 is 16.9. The van der Waals surface area contributed by atoms with Crippen LogP contribution in [0, 0.1) is 11.8 Å². The van der Waals surface area contributed by atoms with Crippen LogP contribution in [0.1, 0.15) is 25.5 Å². The van der Waals surface area contributed by atoms with Crippen LogP contribution in [0.2, 0.25) is 0 Å². The first-order valence-corrected chi connectivity index (χ1v) is 11.7. The van der Waals surface area contributed by atoms with Crippen molar-refractivity contribution in [1.82, 2.24) is 4.67 Å². The van der Waals surface area contributed by atoms with Gasteiger partial charge in [0.2, 0.25) is 0 Å². The van der Waals surface area contributed by atoms with Gasteiger partial charge in [-0.15, -0.1) is 0 Å². The molecule has 0 amide bonds. The van der Waals surface area contributed by atoms with E-state index >= 15 is 0 Å². The molecule has 3 nitrogen and oxygen atoms in total. The predicted octanol–water partition coefficient (Wildman–Crippen LogP) is 4.77. The van der Waals surface area contributed by atoms with Gasteiger partial charge in [0.15, 0.2) is 7.29 Å². The van der Waals surface area contributed by atoms with Crippen LogP contribution in [0.4, 0.5) is 0 Å². The van der Waals surface area contributed by atoms with Crippen molar-refractivity contribution in [2.45, 2.75) is 31.7 Å². The van der Waals surface area contributed by atoms with Crippen molar-refractivity contribution in [2.75, 3.05) is 7.05 Å². The Labute approximate surface area is 167 Å². The normalized spacial score (nSPS) is 30.9. The number of aliphatic hydroxyl groups is 1. The molecule has 0 radical (unpaired) electrons. The third-order valence-electron chi connectivity index (χ3n) is 6.18. The number of hydrogen-bond acceptors (Lipinski definition) is 2. The molecule has 4 heteroatoms. The summed E-state index contributed by atoms with van der Waals surface area (Å²) in [6.07, 6.45) is 5.60. The topological polar surface area (TPSA) is 40.5 Å². The average molecular weight is 393 g/mol. The van der Waals surface area contributed by atoms with Gasteiger partial charge in [0.05, 0.1) is 11.8 Å². The Morgan fingerprint density at radius 3 is 2.21 bits per heavy atom. The van der Waals surface area contributed by atoms with Gasteiger partial charge in [-0.3, -0.25) is 0 Å². The van der Waals surface area contributed by atoms with Crippen molar-refractivity contribution >= 4 is 12.6 Å². The van der Waals surface area contributed by atoms with Gasteiger partial charge >= 0.3 is 0 Å². The first kappa shape index (κ1) is 19.4. The molecule has 0 saturated carbocycles. The standard InChI is InChI=1S/C24H28NO2P/c1-17(2)23(26)21-16-10-15-20-22(18-11-6-4-7-12-18)25(3)28(27,24(20)21)19-13-8-5-9-14-19/h4-17,20,22-24,26H,1-3H3/t20-,22-,23?,24+,28-/m1/s1. The van der Waals surface area contributed by atoms with Gasteiger partial charge in [0.25, 0.3) is 0 Å². The zero-order chi connectivity index (χ0) is 19.9. The monoisotopic (exact) mass is 393 g/mol. The number of fused-ring (bicyclic) bond motifs is 1. The zero-order valence-corrected chi connectivity index (χ0v) is 17.5. The van der Waals surface area contributed by atoms with Crippen LogP contribution in [0.25, 0.3) is 0 Å². The summed E-state index contributed by atoms with van der Waals surface area (Å²) in [6.45, 7) is 4.03. The number of benzene rings is 2. The van der Waals surface area contributed by atoms with Crippen LogP contribution in [0.5, 0.6) is 0 Å². The van der Waals surface area contributed by atoms with Gasteiger partial charge in [-0.05, 0) is 24.1 Å². The number of nitrogens with zero attached hydrogens (tertiary/aromatic N) is 1. The van der Waals surface area contributed by atoms with Crippen molar-refractivity contribution < 1.29 is 9.67 Å². The maximum absolute atomic E-state index is 14.8. The van der Waals surface area contributed by atoms with E-state index in [1.165, 1.54) is 5.56 Å². The lowest BCUT2D eigenvalue weighted by atomic mass is 9.81. The summed E-state index contributed by atoms with van der Waals surface area (Å²) in [5.74, 6) is 0.135. The Balaban J connectivity index is 1.91. The second-order valence-corrected chi connectivity index (χ2v) is 11.1. The Morgan fingerprint density at radius 2 is 1.61 bits per heavy atom. The molecule has 0 spiro atoms. The number of allylic oxidation sites excluding steroid dienone is 2. The molecule has 1 unspecified atom stereocenters. The molecule has 1 heterocycles. The molecule has 146 valence electrons. The van der Waals surface area contributed by atoms with E-state index in [9.17, 15) is 9.67 Å². The first-order valence-electron chi connectivity index (χ1n) is 9.96. The summed E-state index contributed by atoms with van der Waals surface area (Å²) in [4.78, 5) is 0. The van der Waals surface area contributed by atoms with Gasteiger partial charge in [0, 0.05) is 17.3 Å². The molecule has 1 aliphatic carbocycles. The second kappa shape index (κ2) is 7.48. The highest BCUT2D eigenvalue weighted by Gasteiger charge is 2.57. The van der Waals surface area contributed by atoms with Crippen molar-refractivity contribution in [2.24, 2.45) is 11.8 Å². The van der Waals surface area contributed by atoms with Gasteiger partial charge in [-0.25, -0.2) is 4.67 Å². The molecule has 1 saturated heterocycles. The third kappa shape index (κ3) is 2.93. The molecule has 4 rings (SSSR count). The van der Waals surface area contributed by atoms with E-state index in [1.54, 1.807) is 0 Å². The second-order valence-electron chi connectivity index (χ2n) is 8.15. The molecule has 2 aromatic carbocycles. The summed E-state index contributed by atoms with van der Waals surface area (Å²) in [6, 6.07) is 20.1. The van der Waals surface area contributed by atoms with E-state index in [4.69, 9.17) is 0 Å². The highest BCUT2D eigenvalue weighted by molar-refractivity contribution is 7.70. The van der Waals surface area contributed by atoms with Crippen LogP contribution in [-0.2, 0) is 4.57 Å². The van der Waals surface area contributed by atoms with Crippen LogP contribution in [0.3, 0.4) is 0 Å². The summed E-state index contributed by atoms with van der Waals surface area (Å²) in [5, 5.41) is 11.8. The maximum atomic E-state index is 14.8. The van der Waals surface area contributed by atoms with Crippen molar-refractivity contribution in [1.29, 1.82) is 0 Å². The third-order valence-corrected chi connectivity index (χ3v) is 9.80. The molecule has 0 aromatic heterocycles. The van der Waals surface area contributed by atoms with E-state index in [0.29, 0.717) is 0 Å². The van der Waals surface area contributed by atoms with Crippen molar-refractivity contribution in [3.8, 4) is 0 Å². The molecular weight excluding hydrogens is 365 g/mol. The molecule has 1 N–H and O–H groups in total. The molecular formula is C24H28NO2P. The highest BCUT2D eigenvalue weighted by Crippen LogP contribution is 2.69. The molecule has 2 aliphatic rings. The van der Waals surface area contributed by atoms with E-state index in [-0.39, 0.29) is 23.5 Å². The number of aliphatic hydroxyl groups excluding tert-OH is 1. The van der Waals surface area contributed by atoms with Crippen molar-refractivity contribution in [3.63, 3.8) is 0 Å². The SMILES string of the molecule is CC(C)C(O)C1=CC=C[C@@H]2[C@@H](c3ccccc3)N(C)[P@@](=O)(c3ccccc3)[C@H]12. The average Bonchev–Trinajstić information content (AvgIpc) is 2.97. The summed E-state index contributed by atoms with van der Waals surface area (Å²) in [7, 11) is -0.979. The van der Waals surface area contributed by atoms with Gasteiger partial charge < -0.3 is 9.67 Å². The molecule has 28 heavy (non-hydrogen) atoms. The minimum atomic E-state index is -2.96. The fourth-order valence-corrected chi connectivity index (χ4v) is 8.50. The van der Waals surface area contributed by atoms with E-state index in [1.807, 2.05) is 81.6 Å². The Morgan fingerprint density at radius 1 is 1.00 bits per heavy atom. The quantitative estimate of drug-likeness (QED) is 0.761. The van der Waals surface area contributed by atoms with Gasteiger partial charge in [0.1, 0.15) is 0 Å². The van der Waals surface area contributed by atoms with Crippen LogP contribution >= 0.6 is 7.29 Å². The molecule has 1 fully saturated rings. The Kier molecular flexibility index (Phi) is 5.18. The first-order chi connectivity index (χ1) is 13.5. The summed E-state index contributed by atoms with van der Waals surface area (Å²) >= 11 is 0. The Hall–Kier alpha value is -1.93. The highest BCUT2D eigenvalue weighted by atomic mass is 31.2. The minimum absolute atomic E-state index is 0.0107. The zero-order valence-electron chi connectivity index (χ0n) is 16.6. The molecule has 0 bridgehead atoms.